The molecule has 1 saturated heterocycles. The summed E-state index contributed by atoms with van der Waals surface area (Å²) < 4.78 is 10.5. The van der Waals surface area contributed by atoms with E-state index in [1.54, 1.807) is 7.11 Å². The molecule has 118 valence electrons. The van der Waals surface area contributed by atoms with Crippen LogP contribution in [-0.2, 0) is 9.47 Å². The Morgan fingerprint density at radius 1 is 1.14 bits per heavy atom. The molecule has 1 N–H and O–H groups in total. The molecule has 0 bridgehead atoms. The fraction of sp³-hybridized carbons (Fsp3) is 0.647. The SMILES string of the molecule is COCCOCCCCN1CCNCC1c1ccccc1. The molecular formula is C17H28N2O2. The van der Waals surface area contributed by atoms with Crippen LogP contribution in [0.4, 0.5) is 0 Å². The van der Waals surface area contributed by atoms with Crippen LogP contribution in [0.15, 0.2) is 30.3 Å². The highest BCUT2D eigenvalue weighted by atomic mass is 16.5. The number of nitrogens with one attached hydrogen (secondary N) is 1. The summed E-state index contributed by atoms with van der Waals surface area (Å²) in [5.74, 6) is 0. The van der Waals surface area contributed by atoms with Crippen molar-refractivity contribution >= 4 is 0 Å². The van der Waals surface area contributed by atoms with Crippen molar-refractivity contribution in [2.24, 2.45) is 0 Å². The first-order chi connectivity index (χ1) is 10.4. The van der Waals surface area contributed by atoms with Gasteiger partial charge in [-0.3, -0.25) is 4.90 Å². The predicted molar refractivity (Wildman–Crippen MR) is 85.6 cm³/mol. The van der Waals surface area contributed by atoms with Crippen LogP contribution in [0.3, 0.4) is 0 Å². The van der Waals surface area contributed by atoms with E-state index >= 15 is 0 Å². The van der Waals surface area contributed by atoms with Crippen molar-refractivity contribution in [2.45, 2.75) is 18.9 Å². The minimum atomic E-state index is 0.509. The van der Waals surface area contributed by atoms with Crippen molar-refractivity contribution in [2.75, 3.05) is 53.1 Å². The zero-order valence-corrected chi connectivity index (χ0v) is 13.1. The Kier molecular flexibility index (Phi) is 7.75. The Balaban J connectivity index is 1.70. The average molecular weight is 292 g/mol. The maximum absolute atomic E-state index is 5.52. The van der Waals surface area contributed by atoms with Crippen molar-refractivity contribution in [1.82, 2.24) is 10.2 Å². The molecule has 1 aliphatic heterocycles. The Labute approximate surface area is 128 Å². The Morgan fingerprint density at radius 2 is 2.00 bits per heavy atom. The van der Waals surface area contributed by atoms with E-state index in [9.17, 15) is 0 Å². The van der Waals surface area contributed by atoms with Crippen LogP contribution in [0, 0.1) is 0 Å². The lowest BCUT2D eigenvalue weighted by atomic mass is 10.0. The molecule has 21 heavy (non-hydrogen) atoms. The number of benzene rings is 1. The van der Waals surface area contributed by atoms with Gasteiger partial charge < -0.3 is 14.8 Å². The summed E-state index contributed by atoms with van der Waals surface area (Å²) in [6, 6.07) is 11.3. The van der Waals surface area contributed by atoms with Gasteiger partial charge in [-0.15, -0.1) is 0 Å². The Hall–Kier alpha value is -0.940. The molecule has 1 aliphatic rings. The van der Waals surface area contributed by atoms with Crippen molar-refractivity contribution in [3.05, 3.63) is 35.9 Å². The highest BCUT2D eigenvalue weighted by molar-refractivity contribution is 5.20. The van der Waals surface area contributed by atoms with Crippen molar-refractivity contribution in [3.8, 4) is 0 Å². The quantitative estimate of drug-likeness (QED) is 0.707. The summed E-state index contributed by atoms with van der Waals surface area (Å²) in [7, 11) is 1.71. The first-order valence-corrected chi connectivity index (χ1v) is 7.98. The van der Waals surface area contributed by atoms with Crippen molar-refractivity contribution in [1.29, 1.82) is 0 Å². The molecule has 1 aromatic rings. The second-order valence-corrected chi connectivity index (χ2v) is 5.48. The van der Waals surface area contributed by atoms with Gasteiger partial charge in [-0.1, -0.05) is 30.3 Å². The van der Waals surface area contributed by atoms with Gasteiger partial charge >= 0.3 is 0 Å². The van der Waals surface area contributed by atoms with Crippen LogP contribution >= 0.6 is 0 Å². The number of hydrogen-bond donors (Lipinski definition) is 1. The van der Waals surface area contributed by atoms with Crippen molar-refractivity contribution < 1.29 is 9.47 Å². The maximum atomic E-state index is 5.52. The molecule has 1 heterocycles. The molecule has 0 saturated carbocycles. The smallest absolute Gasteiger partial charge is 0.0700 e. The predicted octanol–water partition coefficient (Wildman–Crippen LogP) is 2.08. The van der Waals surface area contributed by atoms with Gasteiger partial charge in [0.25, 0.3) is 0 Å². The first-order valence-electron chi connectivity index (χ1n) is 7.98. The molecule has 0 radical (unpaired) electrons. The molecule has 1 fully saturated rings. The van der Waals surface area contributed by atoms with Crippen LogP contribution in [0.5, 0.6) is 0 Å². The molecule has 1 aromatic carbocycles. The first kappa shape index (κ1) is 16.4. The maximum Gasteiger partial charge on any atom is 0.0700 e. The Bertz CT molecular complexity index is 372. The van der Waals surface area contributed by atoms with E-state index in [0.717, 1.165) is 39.2 Å². The second kappa shape index (κ2) is 9.90. The largest absolute Gasteiger partial charge is 0.382 e. The number of ether oxygens (including phenoxy) is 2. The highest BCUT2D eigenvalue weighted by Gasteiger charge is 2.22. The fourth-order valence-corrected chi connectivity index (χ4v) is 2.78. The molecule has 4 heteroatoms. The fourth-order valence-electron chi connectivity index (χ4n) is 2.78. The molecule has 2 rings (SSSR count). The van der Waals surface area contributed by atoms with E-state index in [4.69, 9.17) is 9.47 Å². The third-order valence-electron chi connectivity index (χ3n) is 3.95. The van der Waals surface area contributed by atoms with E-state index in [1.165, 1.54) is 12.0 Å². The van der Waals surface area contributed by atoms with Gasteiger partial charge in [0.05, 0.1) is 13.2 Å². The standard InChI is InChI=1S/C17H28N2O2/c1-20-13-14-21-12-6-5-10-19-11-9-18-15-17(19)16-7-3-2-4-8-16/h2-4,7-8,17-18H,5-6,9-15H2,1H3. The summed E-state index contributed by atoms with van der Waals surface area (Å²) in [5, 5.41) is 3.51. The molecule has 1 atom stereocenters. The van der Waals surface area contributed by atoms with Crippen LogP contribution in [0.1, 0.15) is 24.4 Å². The molecule has 4 nitrogen and oxygen atoms in total. The van der Waals surface area contributed by atoms with E-state index in [-0.39, 0.29) is 0 Å². The zero-order chi connectivity index (χ0) is 14.8. The monoisotopic (exact) mass is 292 g/mol. The second-order valence-electron chi connectivity index (χ2n) is 5.48. The van der Waals surface area contributed by atoms with E-state index in [0.29, 0.717) is 19.3 Å². The molecule has 0 aromatic heterocycles. The van der Waals surface area contributed by atoms with E-state index in [1.807, 2.05) is 0 Å². The third kappa shape index (κ3) is 5.75. The summed E-state index contributed by atoms with van der Waals surface area (Å²) in [4.78, 5) is 2.60. The lowest BCUT2D eigenvalue weighted by Crippen LogP contribution is -2.46. The molecule has 0 aliphatic carbocycles. The van der Waals surface area contributed by atoms with Gasteiger partial charge in [0.1, 0.15) is 0 Å². The lowest BCUT2D eigenvalue weighted by Gasteiger charge is -2.36. The van der Waals surface area contributed by atoms with Gasteiger partial charge in [0, 0.05) is 39.4 Å². The minimum Gasteiger partial charge on any atom is -0.382 e. The van der Waals surface area contributed by atoms with Gasteiger partial charge in [0.2, 0.25) is 0 Å². The number of nitrogens with zero attached hydrogens (tertiary/aromatic N) is 1. The van der Waals surface area contributed by atoms with Crippen LogP contribution in [0.25, 0.3) is 0 Å². The molecule has 1 unspecified atom stereocenters. The van der Waals surface area contributed by atoms with Crippen LogP contribution < -0.4 is 5.32 Å². The van der Waals surface area contributed by atoms with E-state index < -0.39 is 0 Å². The number of methoxy groups -OCH3 is 1. The summed E-state index contributed by atoms with van der Waals surface area (Å²) in [6.07, 6.45) is 2.31. The van der Waals surface area contributed by atoms with Crippen LogP contribution in [-0.4, -0.2) is 58.0 Å². The minimum absolute atomic E-state index is 0.509. The molecule has 0 amide bonds. The number of unbranched alkanes of at least 4 members (excludes halogenated alkanes) is 1. The van der Waals surface area contributed by atoms with Gasteiger partial charge in [-0.25, -0.2) is 0 Å². The summed E-state index contributed by atoms with van der Waals surface area (Å²) in [5.41, 5.74) is 1.42. The van der Waals surface area contributed by atoms with Crippen LogP contribution in [0.2, 0.25) is 0 Å². The lowest BCUT2D eigenvalue weighted by molar-refractivity contribution is 0.0662. The van der Waals surface area contributed by atoms with E-state index in [2.05, 4.69) is 40.5 Å². The highest BCUT2D eigenvalue weighted by Crippen LogP contribution is 2.22. The van der Waals surface area contributed by atoms with Crippen molar-refractivity contribution in [3.63, 3.8) is 0 Å². The van der Waals surface area contributed by atoms with Gasteiger partial charge in [-0.2, -0.15) is 0 Å². The molecule has 0 spiro atoms. The number of rotatable bonds is 9. The zero-order valence-electron chi connectivity index (χ0n) is 13.1. The Morgan fingerprint density at radius 3 is 2.81 bits per heavy atom. The summed E-state index contributed by atoms with van der Waals surface area (Å²) >= 11 is 0. The number of piperazine rings is 1. The number of hydrogen-bond acceptors (Lipinski definition) is 4. The third-order valence-corrected chi connectivity index (χ3v) is 3.95. The van der Waals surface area contributed by atoms with Gasteiger partial charge in [0.15, 0.2) is 0 Å². The normalized spacial score (nSPS) is 19.8. The topological polar surface area (TPSA) is 33.7 Å². The average Bonchev–Trinajstić information content (AvgIpc) is 2.55. The summed E-state index contributed by atoms with van der Waals surface area (Å²) in [6.45, 7) is 6.65. The van der Waals surface area contributed by atoms with Gasteiger partial charge in [-0.05, 0) is 24.9 Å². The molecular weight excluding hydrogens is 264 g/mol.